The van der Waals surface area contributed by atoms with Crippen molar-refractivity contribution in [1.29, 1.82) is 0 Å². The molecule has 0 radical (unpaired) electrons. The van der Waals surface area contributed by atoms with Crippen molar-refractivity contribution in [3.63, 3.8) is 0 Å². The second-order valence-corrected chi connectivity index (χ2v) is 8.58. The van der Waals surface area contributed by atoms with Gasteiger partial charge in [-0.05, 0) is 56.5 Å². The standard InChI is InChI=1S/C21H32N4O4S.HI/c1-4-22-21(23-10-6-13-28-16-19-7-5-14-29-19)24-11-12-25-30(26,27)20-15-17(2)8-9-18(20)3;/h5,7-9,14-15,25H,4,6,10-13,16H2,1-3H3,(H2,22,23,24);1H. The molecule has 0 unspecified atom stereocenters. The third-order valence-corrected chi connectivity index (χ3v) is 5.83. The van der Waals surface area contributed by atoms with E-state index in [1.54, 1.807) is 19.3 Å². The minimum absolute atomic E-state index is 0. The Balaban J connectivity index is 0.00000480. The van der Waals surface area contributed by atoms with Crippen LogP contribution in [0.5, 0.6) is 0 Å². The molecule has 10 heteroatoms. The molecule has 0 fully saturated rings. The first kappa shape index (κ1) is 27.4. The largest absolute Gasteiger partial charge is 0.467 e. The molecule has 0 aliphatic carbocycles. The first-order chi connectivity index (χ1) is 14.4. The van der Waals surface area contributed by atoms with Gasteiger partial charge in [0.2, 0.25) is 10.0 Å². The molecule has 0 aliphatic heterocycles. The smallest absolute Gasteiger partial charge is 0.240 e. The number of guanidine groups is 1. The third kappa shape index (κ3) is 10.0. The van der Waals surface area contributed by atoms with Crippen molar-refractivity contribution in [2.24, 2.45) is 4.99 Å². The maximum Gasteiger partial charge on any atom is 0.240 e. The molecule has 174 valence electrons. The van der Waals surface area contributed by atoms with E-state index >= 15 is 0 Å². The number of aryl methyl sites for hydroxylation is 2. The zero-order chi connectivity index (χ0) is 21.8. The van der Waals surface area contributed by atoms with Gasteiger partial charge in [0.1, 0.15) is 12.4 Å². The summed E-state index contributed by atoms with van der Waals surface area (Å²) in [5, 5.41) is 6.29. The van der Waals surface area contributed by atoms with Gasteiger partial charge in [-0.3, -0.25) is 4.99 Å². The zero-order valence-electron chi connectivity index (χ0n) is 18.3. The van der Waals surface area contributed by atoms with Gasteiger partial charge in [-0.2, -0.15) is 0 Å². The van der Waals surface area contributed by atoms with E-state index in [1.807, 2.05) is 38.1 Å². The lowest BCUT2D eigenvalue weighted by molar-refractivity contribution is 0.105. The Morgan fingerprint density at radius 3 is 2.68 bits per heavy atom. The summed E-state index contributed by atoms with van der Waals surface area (Å²) in [6, 6.07) is 9.11. The highest BCUT2D eigenvalue weighted by atomic mass is 127. The number of benzene rings is 1. The number of aliphatic imine (C=N–C) groups is 1. The summed E-state index contributed by atoms with van der Waals surface area (Å²) in [6.07, 6.45) is 2.40. The van der Waals surface area contributed by atoms with Crippen molar-refractivity contribution >= 4 is 40.0 Å². The quantitative estimate of drug-likeness (QED) is 0.159. The van der Waals surface area contributed by atoms with Gasteiger partial charge in [-0.25, -0.2) is 13.1 Å². The van der Waals surface area contributed by atoms with Crippen LogP contribution in [-0.2, 0) is 21.4 Å². The summed E-state index contributed by atoms with van der Waals surface area (Å²) in [7, 11) is -3.54. The SMILES string of the molecule is CCNC(=NCCCOCc1ccco1)NCCNS(=O)(=O)c1cc(C)ccc1C.I. The zero-order valence-corrected chi connectivity index (χ0v) is 21.5. The van der Waals surface area contributed by atoms with Gasteiger partial charge in [-0.1, -0.05) is 12.1 Å². The van der Waals surface area contributed by atoms with Crippen LogP contribution in [0.2, 0.25) is 0 Å². The summed E-state index contributed by atoms with van der Waals surface area (Å²) >= 11 is 0. The van der Waals surface area contributed by atoms with Crippen LogP contribution < -0.4 is 15.4 Å². The molecule has 1 aromatic carbocycles. The molecule has 0 saturated heterocycles. The number of nitrogens with zero attached hydrogens (tertiary/aromatic N) is 1. The molecule has 0 atom stereocenters. The second kappa shape index (κ2) is 14.4. The van der Waals surface area contributed by atoms with Crippen LogP contribution in [0.3, 0.4) is 0 Å². The Morgan fingerprint density at radius 2 is 1.97 bits per heavy atom. The summed E-state index contributed by atoms with van der Waals surface area (Å²) in [5.41, 5.74) is 1.64. The normalized spacial score (nSPS) is 11.8. The first-order valence-electron chi connectivity index (χ1n) is 10.1. The van der Waals surface area contributed by atoms with Crippen LogP contribution in [-0.4, -0.2) is 47.2 Å². The maximum absolute atomic E-state index is 12.5. The lowest BCUT2D eigenvalue weighted by Gasteiger charge is -2.13. The van der Waals surface area contributed by atoms with Gasteiger partial charge in [-0.15, -0.1) is 24.0 Å². The summed E-state index contributed by atoms with van der Waals surface area (Å²) in [6.45, 7) is 8.68. The molecule has 31 heavy (non-hydrogen) atoms. The highest BCUT2D eigenvalue weighted by Gasteiger charge is 2.16. The Kier molecular flexibility index (Phi) is 12.8. The van der Waals surface area contributed by atoms with Crippen molar-refractivity contribution in [3.8, 4) is 0 Å². The molecule has 1 heterocycles. The topological polar surface area (TPSA) is 105 Å². The minimum atomic E-state index is -3.54. The molecule has 1 aromatic heterocycles. The van der Waals surface area contributed by atoms with E-state index in [-0.39, 0.29) is 30.5 Å². The Bertz CT molecular complexity index is 902. The summed E-state index contributed by atoms with van der Waals surface area (Å²) in [5.74, 6) is 1.45. The molecular weight excluding hydrogens is 531 g/mol. The predicted octanol–water partition coefficient (Wildman–Crippen LogP) is 2.95. The van der Waals surface area contributed by atoms with Crippen molar-refractivity contribution in [2.75, 3.05) is 32.8 Å². The summed E-state index contributed by atoms with van der Waals surface area (Å²) in [4.78, 5) is 4.80. The van der Waals surface area contributed by atoms with Crippen LogP contribution in [0.25, 0.3) is 0 Å². The molecule has 0 saturated carbocycles. The van der Waals surface area contributed by atoms with Crippen molar-refractivity contribution in [3.05, 3.63) is 53.5 Å². The fourth-order valence-electron chi connectivity index (χ4n) is 2.71. The Labute approximate surface area is 202 Å². The average Bonchev–Trinajstić information content (AvgIpc) is 3.23. The molecule has 2 rings (SSSR count). The molecule has 8 nitrogen and oxygen atoms in total. The van der Waals surface area contributed by atoms with E-state index in [4.69, 9.17) is 9.15 Å². The van der Waals surface area contributed by atoms with E-state index in [9.17, 15) is 8.42 Å². The number of furan rings is 1. The minimum Gasteiger partial charge on any atom is -0.467 e. The van der Waals surface area contributed by atoms with Gasteiger partial charge >= 0.3 is 0 Å². The van der Waals surface area contributed by atoms with Gasteiger partial charge in [0.15, 0.2) is 5.96 Å². The number of sulfonamides is 1. The van der Waals surface area contributed by atoms with Crippen molar-refractivity contribution in [1.82, 2.24) is 15.4 Å². The highest BCUT2D eigenvalue weighted by Crippen LogP contribution is 2.16. The number of nitrogens with one attached hydrogen (secondary N) is 3. The molecular formula is C21H33IN4O4S. The fraction of sp³-hybridized carbons (Fsp3) is 0.476. The van der Waals surface area contributed by atoms with E-state index < -0.39 is 10.0 Å². The number of hydrogen-bond acceptors (Lipinski definition) is 5. The van der Waals surface area contributed by atoms with Crippen LogP contribution in [0.1, 0.15) is 30.2 Å². The average molecular weight is 564 g/mol. The van der Waals surface area contributed by atoms with Crippen LogP contribution in [0.15, 0.2) is 50.9 Å². The molecule has 3 N–H and O–H groups in total. The van der Waals surface area contributed by atoms with Gasteiger partial charge in [0.25, 0.3) is 0 Å². The Morgan fingerprint density at radius 1 is 1.16 bits per heavy atom. The van der Waals surface area contributed by atoms with Gasteiger partial charge in [0.05, 0.1) is 11.2 Å². The number of halogens is 1. The number of rotatable bonds is 12. The molecule has 0 spiro atoms. The van der Waals surface area contributed by atoms with Gasteiger partial charge in [0, 0.05) is 32.8 Å². The van der Waals surface area contributed by atoms with Gasteiger partial charge < -0.3 is 19.8 Å². The molecule has 0 bridgehead atoms. The first-order valence-corrected chi connectivity index (χ1v) is 11.6. The Hall–Kier alpha value is -1.63. The predicted molar refractivity (Wildman–Crippen MR) is 133 cm³/mol. The molecule has 0 aliphatic rings. The monoisotopic (exact) mass is 564 g/mol. The summed E-state index contributed by atoms with van der Waals surface area (Å²) < 4.78 is 38.4. The number of ether oxygens (including phenoxy) is 1. The van der Waals surface area contributed by atoms with E-state index in [1.165, 1.54) is 0 Å². The fourth-order valence-corrected chi connectivity index (χ4v) is 4.07. The van der Waals surface area contributed by atoms with Crippen molar-refractivity contribution < 1.29 is 17.6 Å². The molecule has 2 aromatic rings. The van der Waals surface area contributed by atoms with E-state index in [0.29, 0.717) is 37.2 Å². The molecule has 0 amide bonds. The van der Waals surface area contributed by atoms with Crippen LogP contribution in [0.4, 0.5) is 0 Å². The maximum atomic E-state index is 12.5. The third-order valence-electron chi connectivity index (χ3n) is 4.23. The van der Waals surface area contributed by atoms with Crippen LogP contribution in [0, 0.1) is 13.8 Å². The van der Waals surface area contributed by atoms with Crippen molar-refractivity contribution in [2.45, 2.75) is 38.7 Å². The highest BCUT2D eigenvalue weighted by molar-refractivity contribution is 14.0. The van der Waals surface area contributed by atoms with E-state index in [2.05, 4.69) is 20.3 Å². The lowest BCUT2D eigenvalue weighted by Crippen LogP contribution is -2.41. The number of hydrogen-bond donors (Lipinski definition) is 3. The van der Waals surface area contributed by atoms with E-state index in [0.717, 1.165) is 29.9 Å². The van der Waals surface area contributed by atoms with Crippen LogP contribution >= 0.6 is 24.0 Å². The lowest BCUT2D eigenvalue weighted by atomic mass is 10.2. The second-order valence-electron chi connectivity index (χ2n) is 6.84.